The molecule has 0 aliphatic rings. The molecule has 1 rings (SSSR count). The summed E-state index contributed by atoms with van der Waals surface area (Å²) in [7, 11) is 0. The number of halogens is 1. The Morgan fingerprint density at radius 2 is 1.57 bits per heavy atom. The Balaban J connectivity index is 0.00000169. The van der Waals surface area contributed by atoms with Gasteiger partial charge in [-0.1, -0.05) is 0 Å². The molecule has 1 heterocycles. The third-order valence-electron chi connectivity index (χ3n) is 2.42. The molecule has 0 spiro atoms. The molecule has 0 saturated carbocycles. The van der Waals surface area contributed by atoms with Crippen LogP contribution in [0.15, 0.2) is 0 Å². The van der Waals surface area contributed by atoms with Gasteiger partial charge in [0.15, 0.2) is 0 Å². The second kappa shape index (κ2) is 4.42. The first kappa shape index (κ1) is 12.9. The van der Waals surface area contributed by atoms with E-state index in [0.29, 0.717) is 11.3 Å². The zero-order valence-corrected chi connectivity index (χ0v) is 9.66. The largest absolute Gasteiger partial charge is 0.366 e. The average Bonchev–Trinajstić information content (AvgIpc) is 1.99. The summed E-state index contributed by atoms with van der Waals surface area (Å²) in [4.78, 5) is 15.3. The van der Waals surface area contributed by atoms with Gasteiger partial charge >= 0.3 is 0 Å². The van der Waals surface area contributed by atoms with E-state index in [2.05, 4.69) is 4.98 Å². The minimum atomic E-state index is -0.398. The van der Waals surface area contributed by atoms with Gasteiger partial charge in [0, 0.05) is 5.69 Å². The number of aromatic nitrogens is 1. The summed E-state index contributed by atoms with van der Waals surface area (Å²) < 4.78 is 0. The van der Waals surface area contributed by atoms with Crippen molar-refractivity contribution < 1.29 is 4.79 Å². The van der Waals surface area contributed by atoms with Crippen LogP contribution in [0, 0.1) is 27.7 Å². The van der Waals surface area contributed by atoms with Crippen molar-refractivity contribution in [3.05, 3.63) is 28.1 Å². The Morgan fingerprint density at radius 1 is 1.07 bits per heavy atom. The number of amides is 1. The molecular weight excluding hydrogens is 200 g/mol. The first-order valence-corrected chi connectivity index (χ1v) is 4.19. The zero-order valence-electron chi connectivity index (χ0n) is 8.84. The van der Waals surface area contributed by atoms with Crippen molar-refractivity contribution in [1.29, 1.82) is 0 Å². The van der Waals surface area contributed by atoms with Crippen LogP contribution < -0.4 is 5.73 Å². The van der Waals surface area contributed by atoms with Gasteiger partial charge in [-0.3, -0.25) is 9.78 Å². The maximum atomic E-state index is 11.1. The van der Waals surface area contributed by atoms with Crippen LogP contribution in [0.2, 0.25) is 0 Å². The second-order valence-electron chi connectivity index (χ2n) is 3.27. The van der Waals surface area contributed by atoms with E-state index in [9.17, 15) is 4.79 Å². The topological polar surface area (TPSA) is 56.0 Å². The lowest BCUT2D eigenvalue weighted by Crippen LogP contribution is -2.17. The number of nitrogens with two attached hydrogens (primary N) is 1. The van der Waals surface area contributed by atoms with E-state index in [4.69, 9.17) is 5.73 Å². The van der Waals surface area contributed by atoms with E-state index in [-0.39, 0.29) is 12.4 Å². The van der Waals surface area contributed by atoms with Crippen molar-refractivity contribution in [2.24, 2.45) is 5.73 Å². The number of nitrogens with zero attached hydrogens (tertiary/aromatic N) is 1. The van der Waals surface area contributed by atoms with Crippen LogP contribution in [0.5, 0.6) is 0 Å². The second-order valence-corrected chi connectivity index (χ2v) is 3.27. The van der Waals surface area contributed by atoms with Crippen LogP contribution in [0.25, 0.3) is 0 Å². The molecule has 1 aromatic rings. The minimum absolute atomic E-state index is 0. The van der Waals surface area contributed by atoms with Crippen LogP contribution in [0.1, 0.15) is 32.9 Å². The number of hydrogen-bond acceptors (Lipinski definition) is 2. The normalized spacial score (nSPS) is 9.43. The minimum Gasteiger partial charge on any atom is -0.366 e. The smallest absolute Gasteiger partial charge is 0.250 e. The zero-order chi connectivity index (χ0) is 10.2. The highest BCUT2D eigenvalue weighted by atomic mass is 35.5. The van der Waals surface area contributed by atoms with Gasteiger partial charge in [0.05, 0.1) is 11.3 Å². The molecule has 1 aromatic heterocycles. The van der Waals surface area contributed by atoms with Crippen molar-refractivity contribution >= 4 is 18.3 Å². The Hall–Kier alpha value is -1.09. The number of pyridine rings is 1. The van der Waals surface area contributed by atoms with E-state index in [1.165, 1.54) is 0 Å². The molecule has 0 saturated heterocycles. The molecule has 2 N–H and O–H groups in total. The molecule has 0 aromatic carbocycles. The van der Waals surface area contributed by atoms with Gasteiger partial charge in [-0.25, -0.2) is 0 Å². The first-order valence-electron chi connectivity index (χ1n) is 4.19. The molecular formula is C10H15ClN2O. The SMILES string of the molecule is Cc1nc(C)c(C(N)=O)c(C)c1C.Cl. The number of carbonyl (C=O) groups is 1. The standard InChI is InChI=1S/C10H14N2O.ClH/c1-5-6(2)9(10(11)13)8(4)12-7(5)3;/h1-4H3,(H2,11,13);1H. The van der Waals surface area contributed by atoms with Gasteiger partial charge in [-0.15, -0.1) is 12.4 Å². The fourth-order valence-electron chi connectivity index (χ4n) is 1.48. The summed E-state index contributed by atoms with van der Waals surface area (Å²) in [5, 5.41) is 0. The van der Waals surface area contributed by atoms with Gasteiger partial charge in [-0.2, -0.15) is 0 Å². The van der Waals surface area contributed by atoms with Gasteiger partial charge in [0.2, 0.25) is 0 Å². The first-order chi connectivity index (χ1) is 5.95. The number of primary amides is 1. The van der Waals surface area contributed by atoms with Gasteiger partial charge in [0.25, 0.3) is 5.91 Å². The average molecular weight is 215 g/mol. The third kappa shape index (κ3) is 2.04. The predicted octanol–water partition coefficient (Wildman–Crippen LogP) is 1.84. The number of aryl methyl sites for hydroxylation is 2. The van der Waals surface area contributed by atoms with Gasteiger partial charge in [0.1, 0.15) is 0 Å². The summed E-state index contributed by atoms with van der Waals surface area (Å²) in [6.07, 6.45) is 0. The van der Waals surface area contributed by atoms with E-state index in [1.54, 1.807) is 6.92 Å². The maximum absolute atomic E-state index is 11.1. The summed E-state index contributed by atoms with van der Waals surface area (Å²) >= 11 is 0. The highest BCUT2D eigenvalue weighted by Gasteiger charge is 2.13. The lowest BCUT2D eigenvalue weighted by atomic mass is 10.0. The molecule has 0 aliphatic carbocycles. The molecule has 3 nitrogen and oxygen atoms in total. The highest BCUT2D eigenvalue weighted by Crippen LogP contribution is 2.17. The van der Waals surface area contributed by atoms with E-state index >= 15 is 0 Å². The molecule has 1 amide bonds. The van der Waals surface area contributed by atoms with Crippen molar-refractivity contribution in [3.63, 3.8) is 0 Å². The molecule has 0 unspecified atom stereocenters. The fourth-order valence-corrected chi connectivity index (χ4v) is 1.48. The van der Waals surface area contributed by atoms with E-state index in [0.717, 1.165) is 16.8 Å². The quantitative estimate of drug-likeness (QED) is 0.776. The maximum Gasteiger partial charge on any atom is 0.250 e. The highest BCUT2D eigenvalue weighted by molar-refractivity contribution is 5.95. The van der Waals surface area contributed by atoms with Crippen LogP contribution in [-0.2, 0) is 0 Å². The molecule has 0 bridgehead atoms. The Labute approximate surface area is 90.1 Å². The summed E-state index contributed by atoms with van der Waals surface area (Å²) in [6, 6.07) is 0. The lowest BCUT2D eigenvalue weighted by molar-refractivity contribution is 0.0998. The van der Waals surface area contributed by atoms with Crippen LogP contribution >= 0.6 is 12.4 Å². The number of rotatable bonds is 1. The Bertz CT molecular complexity index is 375. The summed E-state index contributed by atoms with van der Waals surface area (Å²) in [5.41, 5.74) is 9.47. The van der Waals surface area contributed by atoms with E-state index < -0.39 is 5.91 Å². The molecule has 0 aliphatic heterocycles. The summed E-state index contributed by atoms with van der Waals surface area (Å²) in [5.74, 6) is -0.398. The fraction of sp³-hybridized carbons (Fsp3) is 0.400. The molecule has 0 radical (unpaired) electrons. The summed E-state index contributed by atoms with van der Waals surface area (Å²) in [6.45, 7) is 7.58. The van der Waals surface area contributed by atoms with Crippen molar-refractivity contribution in [2.45, 2.75) is 27.7 Å². The molecule has 0 fully saturated rings. The number of carbonyl (C=O) groups excluding carboxylic acids is 1. The predicted molar refractivity (Wildman–Crippen MR) is 59.0 cm³/mol. The third-order valence-corrected chi connectivity index (χ3v) is 2.42. The Kier molecular flexibility index (Phi) is 4.08. The van der Waals surface area contributed by atoms with Gasteiger partial charge < -0.3 is 5.73 Å². The lowest BCUT2D eigenvalue weighted by Gasteiger charge is -2.10. The van der Waals surface area contributed by atoms with Crippen molar-refractivity contribution in [2.75, 3.05) is 0 Å². The molecule has 14 heavy (non-hydrogen) atoms. The van der Waals surface area contributed by atoms with Crippen molar-refractivity contribution in [1.82, 2.24) is 4.98 Å². The molecule has 4 heteroatoms. The van der Waals surface area contributed by atoms with Crippen molar-refractivity contribution in [3.8, 4) is 0 Å². The monoisotopic (exact) mass is 214 g/mol. The molecule has 0 atom stereocenters. The van der Waals surface area contributed by atoms with Gasteiger partial charge in [-0.05, 0) is 38.8 Å². The number of hydrogen-bond donors (Lipinski definition) is 1. The Morgan fingerprint density at radius 3 is 2.00 bits per heavy atom. The molecule has 78 valence electrons. The van der Waals surface area contributed by atoms with Crippen LogP contribution in [-0.4, -0.2) is 10.9 Å². The van der Waals surface area contributed by atoms with E-state index in [1.807, 2.05) is 20.8 Å². The van der Waals surface area contributed by atoms with Crippen LogP contribution in [0.4, 0.5) is 0 Å². The van der Waals surface area contributed by atoms with Crippen LogP contribution in [0.3, 0.4) is 0 Å².